The zero-order valence-corrected chi connectivity index (χ0v) is 8.15. The topological polar surface area (TPSA) is 0 Å². The monoisotopic (exact) mass is 210 g/mol. The quantitative estimate of drug-likeness (QED) is 0.401. The molecule has 0 heteroatoms. The van der Waals surface area contributed by atoms with E-state index in [1.54, 1.807) is 6.07 Å². The molecule has 0 N–H and O–H groups in total. The van der Waals surface area contributed by atoms with Crippen LogP contribution in [0.2, 0.25) is 0 Å². The smallest absolute Gasteiger partial charge is 0.0616 e. The minimum atomic E-state index is -0.378. The van der Waals surface area contributed by atoms with Crippen molar-refractivity contribution in [2.24, 2.45) is 0 Å². The number of fused-ring (bicyclic) bond motifs is 3. The molecular weight excluding hydrogens is 192 g/mol. The van der Waals surface area contributed by atoms with Crippen LogP contribution in [0.15, 0.2) is 60.5 Å². The lowest BCUT2D eigenvalue weighted by molar-refractivity contribution is 1.70. The molecule has 0 radical (unpaired) electrons. The molecule has 0 amide bonds. The molecule has 0 aromatic heterocycles. The zero-order chi connectivity index (χ0) is 17.5. The Kier molecular flexibility index (Phi) is 0.639. The van der Waals surface area contributed by atoms with Crippen LogP contribution in [-0.2, 0) is 0 Å². The molecule has 0 unspecified atom stereocenters. The highest BCUT2D eigenvalue weighted by atomic mass is 14.2. The van der Waals surface area contributed by atoms with Crippen LogP contribution < -0.4 is 0 Å². The summed E-state index contributed by atoms with van der Waals surface area (Å²) >= 11 is 0. The largest absolute Gasteiger partial charge is 0.0629 e. The average molecular weight is 210 g/mol. The van der Waals surface area contributed by atoms with Gasteiger partial charge in [0.15, 0.2) is 0 Å². The van der Waals surface area contributed by atoms with Crippen LogP contribution in [0.5, 0.6) is 0 Å². The van der Waals surface area contributed by atoms with Crippen LogP contribution >= 0.6 is 0 Å². The third-order valence-corrected chi connectivity index (χ3v) is 2.82. The summed E-state index contributed by atoms with van der Waals surface area (Å²) in [6.45, 7) is 0. The standard InChI is InChI=1S/C16H10/c1-2-8-13-12(7-1)14-9-3-5-11-6-4-10-15(13)16(11)14/h1-10H/i1D,3D,4D,5D,6D,7D,9D,10D. The number of hydrogen-bond acceptors (Lipinski definition) is 0. The Morgan fingerprint density at radius 3 is 2.19 bits per heavy atom. The zero-order valence-electron chi connectivity index (χ0n) is 16.2. The molecule has 1 aliphatic rings. The minimum absolute atomic E-state index is 0.0423. The lowest BCUT2D eigenvalue weighted by Crippen LogP contribution is -1.73. The van der Waals surface area contributed by atoms with Crippen molar-refractivity contribution in [3.8, 4) is 22.3 Å². The first-order valence-electron chi connectivity index (χ1n) is 8.91. The lowest BCUT2D eigenvalue weighted by atomic mass is 10.0. The highest BCUT2D eigenvalue weighted by Gasteiger charge is 2.19. The second-order valence-electron chi connectivity index (χ2n) is 3.64. The van der Waals surface area contributed by atoms with E-state index in [-0.39, 0.29) is 64.9 Å². The van der Waals surface area contributed by atoms with E-state index in [0.29, 0.717) is 16.5 Å². The van der Waals surface area contributed by atoms with Crippen molar-refractivity contribution in [1.29, 1.82) is 0 Å². The van der Waals surface area contributed by atoms with Gasteiger partial charge in [-0.15, -0.1) is 0 Å². The summed E-state index contributed by atoms with van der Waals surface area (Å²) in [5.41, 5.74) is 1.26. The fraction of sp³-hybridized carbons (Fsp3) is 0. The summed E-state index contributed by atoms with van der Waals surface area (Å²) in [7, 11) is 0. The molecule has 0 bridgehead atoms. The Balaban J connectivity index is 2.41. The molecule has 3 aromatic carbocycles. The molecule has 4 rings (SSSR count). The molecule has 0 saturated heterocycles. The first-order valence-corrected chi connectivity index (χ1v) is 4.91. The molecule has 0 aliphatic heterocycles. The summed E-state index contributed by atoms with van der Waals surface area (Å²) in [6, 6.07) is 1.03. The van der Waals surface area contributed by atoms with E-state index in [0.717, 1.165) is 0 Å². The number of benzene rings is 3. The molecule has 0 nitrogen and oxygen atoms in total. The second-order valence-corrected chi connectivity index (χ2v) is 3.64. The predicted molar refractivity (Wildman–Crippen MR) is 68.4 cm³/mol. The summed E-state index contributed by atoms with van der Waals surface area (Å²) in [4.78, 5) is 0. The summed E-state index contributed by atoms with van der Waals surface area (Å²) in [5.74, 6) is 0. The summed E-state index contributed by atoms with van der Waals surface area (Å²) < 4.78 is 64.7. The van der Waals surface area contributed by atoms with Gasteiger partial charge in [-0.2, -0.15) is 0 Å². The van der Waals surface area contributed by atoms with Gasteiger partial charge < -0.3 is 0 Å². The van der Waals surface area contributed by atoms with Crippen molar-refractivity contribution in [2.45, 2.75) is 0 Å². The maximum absolute atomic E-state index is 8.22. The van der Waals surface area contributed by atoms with E-state index in [4.69, 9.17) is 11.0 Å². The summed E-state index contributed by atoms with van der Waals surface area (Å²) in [6.07, 6.45) is 0. The maximum atomic E-state index is 8.22. The molecule has 16 heavy (non-hydrogen) atoms. The van der Waals surface area contributed by atoms with Gasteiger partial charge in [-0.3, -0.25) is 0 Å². The van der Waals surface area contributed by atoms with Crippen molar-refractivity contribution in [3.63, 3.8) is 0 Å². The van der Waals surface area contributed by atoms with Crippen LogP contribution in [0.3, 0.4) is 0 Å². The first kappa shape index (κ1) is 3.74. The molecule has 0 spiro atoms. The van der Waals surface area contributed by atoms with Crippen LogP contribution in [0.1, 0.15) is 11.0 Å². The Morgan fingerprint density at radius 1 is 0.688 bits per heavy atom. The highest BCUT2D eigenvalue weighted by Crippen LogP contribution is 2.46. The van der Waals surface area contributed by atoms with Gasteiger partial charge in [-0.25, -0.2) is 0 Å². The van der Waals surface area contributed by atoms with Crippen molar-refractivity contribution < 1.29 is 11.0 Å². The second kappa shape index (κ2) is 2.73. The van der Waals surface area contributed by atoms with E-state index in [9.17, 15) is 0 Å². The average Bonchev–Trinajstić information content (AvgIpc) is 2.89. The SMILES string of the molecule is [2H]c1ccc2c(c1[2H])-c1c([2H])c([2H])c([2H])c3c([2H])c([2H])c([2H])c-2c13. The molecular formula is C16H10. The Morgan fingerprint density at radius 2 is 1.38 bits per heavy atom. The Hall–Kier alpha value is -2.08. The van der Waals surface area contributed by atoms with Crippen molar-refractivity contribution in [1.82, 2.24) is 0 Å². The molecule has 3 aromatic rings. The Bertz CT molecular complexity index is 1080. The van der Waals surface area contributed by atoms with Crippen molar-refractivity contribution in [2.75, 3.05) is 0 Å². The van der Waals surface area contributed by atoms with Gasteiger partial charge in [0.25, 0.3) is 0 Å². The third-order valence-electron chi connectivity index (χ3n) is 2.82. The summed E-state index contributed by atoms with van der Waals surface area (Å²) in [5, 5.41) is 0.366. The molecule has 0 heterocycles. The normalized spacial score (nSPS) is 18.8. The van der Waals surface area contributed by atoms with Crippen molar-refractivity contribution in [3.05, 3.63) is 60.5 Å². The van der Waals surface area contributed by atoms with Crippen molar-refractivity contribution >= 4 is 10.8 Å². The van der Waals surface area contributed by atoms with Gasteiger partial charge in [-0.05, 0) is 33.0 Å². The predicted octanol–water partition coefficient (Wildman–Crippen LogP) is 4.49. The fourth-order valence-corrected chi connectivity index (χ4v) is 2.15. The molecule has 74 valence electrons. The van der Waals surface area contributed by atoms with Crippen LogP contribution in [0, 0.1) is 0 Å². The third kappa shape index (κ3) is 0.849. The first-order chi connectivity index (χ1) is 11.3. The van der Waals surface area contributed by atoms with Crippen LogP contribution in [-0.4, -0.2) is 0 Å². The lowest BCUT2D eigenvalue weighted by Gasteiger charge is -2.00. The Labute approximate surface area is 105 Å². The van der Waals surface area contributed by atoms with E-state index in [2.05, 4.69) is 0 Å². The van der Waals surface area contributed by atoms with Gasteiger partial charge in [0, 0.05) is 0 Å². The van der Waals surface area contributed by atoms with Gasteiger partial charge in [-0.1, -0.05) is 60.5 Å². The van der Waals surface area contributed by atoms with Gasteiger partial charge >= 0.3 is 0 Å². The van der Waals surface area contributed by atoms with E-state index in [1.165, 1.54) is 6.07 Å². The molecule has 0 saturated carbocycles. The van der Waals surface area contributed by atoms with Crippen LogP contribution in [0.25, 0.3) is 33.0 Å². The van der Waals surface area contributed by atoms with Crippen LogP contribution in [0.4, 0.5) is 0 Å². The van der Waals surface area contributed by atoms with Gasteiger partial charge in [0.05, 0.1) is 11.0 Å². The van der Waals surface area contributed by atoms with E-state index < -0.39 is 0 Å². The maximum Gasteiger partial charge on any atom is 0.0629 e. The minimum Gasteiger partial charge on any atom is -0.0616 e. The number of rotatable bonds is 0. The van der Waals surface area contributed by atoms with E-state index >= 15 is 0 Å². The van der Waals surface area contributed by atoms with Gasteiger partial charge in [0.2, 0.25) is 0 Å². The molecule has 1 aliphatic carbocycles. The van der Waals surface area contributed by atoms with Gasteiger partial charge in [0.1, 0.15) is 0 Å². The molecule has 0 atom stereocenters. The van der Waals surface area contributed by atoms with E-state index in [1.807, 2.05) is 0 Å². The molecule has 0 fully saturated rings. The highest BCUT2D eigenvalue weighted by molar-refractivity contribution is 6.15. The fourth-order valence-electron chi connectivity index (χ4n) is 2.15. The number of hydrogen-bond donors (Lipinski definition) is 0.